The maximum absolute atomic E-state index is 11.3. The summed E-state index contributed by atoms with van der Waals surface area (Å²) in [5.74, 6) is -0.934. The van der Waals surface area contributed by atoms with Crippen molar-refractivity contribution < 1.29 is 9.90 Å². The minimum Gasteiger partial charge on any atom is -0.478 e. The lowest BCUT2D eigenvalue weighted by Gasteiger charge is -2.14. The van der Waals surface area contributed by atoms with Crippen LogP contribution in [0.1, 0.15) is 15.9 Å². The molecule has 0 fully saturated rings. The lowest BCUT2D eigenvalue weighted by Crippen LogP contribution is -2.03. The van der Waals surface area contributed by atoms with Crippen LogP contribution < -0.4 is 5.32 Å². The number of fused-ring (bicyclic) bond motifs is 1. The molecule has 3 heteroatoms. The van der Waals surface area contributed by atoms with Crippen molar-refractivity contribution in [2.24, 2.45) is 0 Å². The Hall–Kier alpha value is -2.81. The summed E-state index contributed by atoms with van der Waals surface area (Å²) in [5.41, 5.74) is 2.89. The van der Waals surface area contributed by atoms with Gasteiger partial charge in [0.1, 0.15) is 0 Å². The number of aromatic carboxylic acids is 1. The van der Waals surface area contributed by atoms with Gasteiger partial charge in [-0.3, -0.25) is 0 Å². The fourth-order valence-corrected chi connectivity index (χ4v) is 2.46. The standard InChI is InChI=1S/C18H15NO2/c1-12-10-11-13-6-2-3-7-14(13)17(12)19-16-9-5-4-8-15(16)18(20)21/h2-11,19H,1H3,(H,20,21). The molecule has 3 rings (SSSR count). The van der Waals surface area contributed by atoms with Gasteiger partial charge >= 0.3 is 5.97 Å². The van der Waals surface area contributed by atoms with E-state index in [1.54, 1.807) is 18.2 Å². The molecule has 0 aliphatic heterocycles. The molecule has 0 saturated carbocycles. The predicted octanol–water partition coefficient (Wildman–Crippen LogP) is 4.59. The van der Waals surface area contributed by atoms with Gasteiger partial charge in [0.25, 0.3) is 0 Å². The first-order valence-corrected chi connectivity index (χ1v) is 6.74. The van der Waals surface area contributed by atoms with E-state index < -0.39 is 5.97 Å². The molecule has 0 atom stereocenters. The van der Waals surface area contributed by atoms with E-state index in [2.05, 4.69) is 11.4 Å². The van der Waals surface area contributed by atoms with Crippen LogP contribution in [0, 0.1) is 6.92 Å². The third-order valence-corrected chi connectivity index (χ3v) is 3.55. The van der Waals surface area contributed by atoms with Gasteiger partial charge in [-0.1, -0.05) is 48.5 Å². The second-order valence-electron chi connectivity index (χ2n) is 4.95. The van der Waals surface area contributed by atoms with E-state index in [4.69, 9.17) is 0 Å². The number of aryl methyl sites for hydroxylation is 1. The molecule has 0 unspecified atom stereocenters. The van der Waals surface area contributed by atoms with Crippen molar-refractivity contribution in [3.8, 4) is 0 Å². The Bertz CT molecular complexity index is 824. The van der Waals surface area contributed by atoms with Crippen molar-refractivity contribution in [3.63, 3.8) is 0 Å². The van der Waals surface area contributed by atoms with E-state index in [9.17, 15) is 9.90 Å². The SMILES string of the molecule is Cc1ccc2ccccc2c1Nc1ccccc1C(=O)O. The molecular weight excluding hydrogens is 262 g/mol. The molecule has 21 heavy (non-hydrogen) atoms. The van der Waals surface area contributed by atoms with E-state index >= 15 is 0 Å². The smallest absolute Gasteiger partial charge is 0.337 e. The number of carboxylic acid groups (broad SMARTS) is 1. The molecule has 0 amide bonds. The Morgan fingerprint density at radius 3 is 2.48 bits per heavy atom. The second-order valence-corrected chi connectivity index (χ2v) is 4.95. The Morgan fingerprint density at radius 2 is 1.67 bits per heavy atom. The summed E-state index contributed by atoms with van der Waals surface area (Å²) in [4.78, 5) is 11.3. The molecule has 2 N–H and O–H groups in total. The normalized spacial score (nSPS) is 10.5. The third kappa shape index (κ3) is 2.46. The Kier molecular flexibility index (Phi) is 3.32. The molecule has 3 aromatic rings. The number of carboxylic acids is 1. The van der Waals surface area contributed by atoms with Gasteiger partial charge < -0.3 is 10.4 Å². The maximum Gasteiger partial charge on any atom is 0.337 e. The highest BCUT2D eigenvalue weighted by Crippen LogP contribution is 2.31. The number of hydrogen-bond acceptors (Lipinski definition) is 2. The van der Waals surface area contributed by atoms with Crippen LogP contribution in [0.2, 0.25) is 0 Å². The van der Waals surface area contributed by atoms with Gasteiger partial charge in [0.05, 0.1) is 11.3 Å². The molecule has 0 aliphatic carbocycles. The van der Waals surface area contributed by atoms with Gasteiger partial charge in [0.2, 0.25) is 0 Å². The van der Waals surface area contributed by atoms with Crippen molar-refractivity contribution in [2.45, 2.75) is 6.92 Å². The molecule has 0 aliphatic rings. The quantitative estimate of drug-likeness (QED) is 0.736. The average molecular weight is 277 g/mol. The number of hydrogen-bond donors (Lipinski definition) is 2. The van der Waals surface area contributed by atoms with Crippen LogP contribution in [0.5, 0.6) is 0 Å². The summed E-state index contributed by atoms with van der Waals surface area (Å²) in [5, 5.41) is 14.8. The topological polar surface area (TPSA) is 49.3 Å². The molecule has 0 aromatic heterocycles. The summed E-state index contributed by atoms with van der Waals surface area (Å²) < 4.78 is 0. The summed E-state index contributed by atoms with van der Waals surface area (Å²) >= 11 is 0. The summed E-state index contributed by atoms with van der Waals surface area (Å²) in [7, 11) is 0. The number of nitrogens with one attached hydrogen (secondary N) is 1. The van der Waals surface area contributed by atoms with Crippen LogP contribution in [-0.2, 0) is 0 Å². The van der Waals surface area contributed by atoms with Gasteiger partial charge in [0, 0.05) is 11.1 Å². The Morgan fingerprint density at radius 1 is 0.952 bits per heavy atom. The van der Waals surface area contributed by atoms with E-state index in [1.165, 1.54) is 0 Å². The lowest BCUT2D eigenvalue weighted by molar-refractivity contribution is 0.0698. The number of anilines is 2. The first kappa shape index (κ1) is 13.2. The highest BCUT2D eigenvalue weighted by atomic mass is 16.4. The number of para-hydroxylation sites is 1. The third-order valence-electron chi connectivity index (χ3n) is 3.55. The van der Waals surface area contributed by atoms with Gasteiger partial charge in [-0.05, 0) is 30.0 Å². The van der Waals surface area contributed by atoms with E-state index in [1.807, 2.05) is 43.3 Å². The monoisotopic (exact) mass is 277 g/mol. The van der Waals surface area contributed by atoms with Crippen LogP contribution >= 0.6 is 0 Å². The zero-order chi connectivity index (χ0) is 14.8. The number of carbonyl (C=O) groups is 1. The van der Waals surface area contributed by atoms with Crippen molar-refractivity contribution >= 4 is 28.1 Å². The highest BCUT2D eigenvalue weighted by Gasteiger charge is 2.11. The zero-order valence-electron chi connectivity index (χ0n) is 11.6. The second kappa shape index (κ2) is 5.29. The molecule has 104 valence electrons. The minimum atomic E-state index is -0.934. The summed E-state index contributed by atoms with van der Waals surface area (Å²) in [6, 6.07) is 19.1. The largest absolute Gasteiger partial charge is 0.478 e. The fourth-order valence-electron chi connectivity index (χ4n) is 2.46. The van der Waals surface area contributed by atoms with Crippen LogP contribution in [-0.4, -0.2) is 11.1 Å². The molecule has 0 radical (unpaired) electrons. The van der Waals surface area contributed by atoms with E-state index in [-0.39, 0.29) is 5.56 Å². The molecule has 3 aromatic carbocycles. The van der Waals surface area contributed by atoms with E-state index in [0.717, 1.165) is 22.0 Å². The fraction of sp³-hybridized carbons (Fsp3) is 0.0556. The average Bonchev–Trinajstić information content (AvgIpc) is 2.50. The zero-order valence-corrected chi connectivity index (χ0v) is 11.6. The number of benzene rings is 3. The van der Waals surface area contributed by atoms with Crippen LogP contribution in [0.25, 0.3) is 10.8 Å². The molecule has 0 heterocycles. The minimum absolute atomic E-state index is 0.268. The molecule has 3 nitrogen and oxygen atoms in total. The predicted molar refractivity (Wildman–Crippen MR) is 85.4 cm³/mol. The van der Waals surface area contributed by atoms with Gasteiger partial charge in [-0.15, -0.1) is 0 Å². The van der Waals surface area contributed by atoms with Crippen molar-refractivity contribution in [3.05, 3.63) is 71.8 Å². The van der Waals surface area contributed by atoms with Crippen LogP contribution in [0.3, 0.4) is 0 Å². The van der Waals surface area contributed by atoms with E-state index in [0.29, 0.717) is 5.69 Å². The van der Waals surface area contributed by atoms with Crippen molar-refractivity contribution in [1.82, 2.24) is 0 Å². The molecule has 0 saturated heterocycles. The summed E-state index contributed by atoms with van der Waals surface area (Å²) in [6.45, 7) is 2.01. The van der Waals surface area contributed by atoms with Crippen LogP contribution in [0.15, 0.2) is 60.7 Å². The van der Waals surface area contributed by atoms with Crippen molar-refractivity contribution in [1.29, 1.82) is 0 Å². The first-order valence-electron chi connectivity index (χ1n) is 6.74. The first-order chi connectivity index (χ1) is 10.2. The number of rotatable bonds is 3. The molecule has 0 bridgehead atoms. The Labute approximate surface area is 122 Å². The molecular formula is C18H15NO2. The maximum atomic E-state index is 11.3. The van der Waals surface area contributed by atoms with Crippen molar-refractivity contribution in [2.75, 3.05) is 5.32 Å². The van der Waals surface area contributed by atoms with Gasteiger partial charge in [0.15, 0.2) is 0 Å². The highest BCUT2D eigenvalue weighted by molar-refractivity contribution is 6.00. The summed E-state index contributed by atoms with van der Waals surface area (Å²) in [6.07, 6.45) is 0. The van der Waals surface area contributed by atoms with Crippen LogP contribution in [0.4, 0.5) is 11.4 Å². The Balaban J connectivity index is 2.15. The van der Waals surface area contributed by atoms with Gasteiger partial charge in [-0.2, -0.15) is 0 Å². The van der Waals surface area contributed by atoms with Gasteiger partial charge in [-0.25, -0.2) is 4.79 Å². The molecule has 0 spiro atoms. The lowest BCUT2D eigenvalue weighted by atomic mass is 10.0.